The van der Waals surface area contributed by atoms with Gasteiger partial charge in [-0.05, 0) is 24.8 Å². The van der Waals surface area contributed by atoms with Crippen LogP contribution in [0.25, 0.3) is 0 Å². The van der Waals surface area contributed by atoms with E-state index in [1.54, 1.807) is 13.4 Å². The van der Waals surface area contributed by atoms with Crippen molar-refractivity contribution in [2.45, 2.75) is 25.8 Å². The molecule has 1 aliphatic heterocycles. The summed E-state index contributed by atoms with van der Waals surface area (Å²) < 4.78 is 5.18. The first-order valence-corrected chi connectivity index (χ1v) is 8.22. The number of fused-ring (bicyclic) bond motifs is 1. The second-order valence-electron chi connectivity index (χ2n) is 6.16. The minimum atomic E-state index is 0.615. The first-order chi connectivity index (χ1) is 11.3. The number of H-pyrrole nitrogens is 1. The number of aromatic amines is 1. The summed E-state index contributed by atoms with van der Waals surface area (Å²) in [6, 6.07) is 1.90. The van der Waals surface area contributed by atoms with E-state index in [1.807, 2.05) is 6.07 Å². The highest BCUT2D eigenvalue weighted by atomic mass is 16.5. The monoisotopic (exact) mass is 314 g/mol. The molecule has 1 saturated heterocycles. The number of methoxy groups -OCH3 is 1. The second-order valence-corrected chi connectivity index (χ2v) is 6.16. The Bertz CT molecular complexity index is 677. The first kappa shape index (κ1) is 14.4. The van der Waals surface area contributed by atoms with Crippen molar-refractivity contribution in [1.29, 1.82) is 0 Å². The van der Waals surface area contributed by atoms with Crippen LogP contribution in [-0.4, -0.2) is 58.4 Å². The van der Waals surface area contributed by atoms with Crippen molar-refractivity contribution in [3.05, 3.63) is 29.3 Å². The number of hydrogen-bond donors (Lipinski definition) is 1. The third-order valence-electron chi connectivity index (χ3n) is 4.80. The summed E-state index contributed by atoms with van der Waals surface area (Å²) in [6.45, 7) is 4.92. The maximum absolute atomic E-state index is 5.18. The molecule has 7 nitrogen and oxygen atoms in total. The van der Waals surface area contributed by atoms with Crippen LogP contribution in [0.3, 0.4) is 0 Å². The van der Waals surface area contributed by atoms with Crippen LogP contribution in [0, 0.1) is 0 Å². The summed E-state index contributed by atoms with van der Waals surface area (Å²) in [5, 5.41) is 7.72. The quantitative estimate of drug-likeness (QED) is 0.908. The Hall–Kier alpha value is -2.15. The van der Waals surface area contributed by atoms with E-state index in [4.69, 9.17) is 4.74 Å². The van der Waals surface area contributed by atoms with Gasteiger partial charge in [-0.15, -0.1) is 0 Å². The lowest BCUT2D eigenvalue weighted by molar-refractivity contribution is 0.245. The van der Waals surface area contributed by atoms with Crippen LogP contribution in [0.5, 0.6) is 5.88 Å². The zero-order chi connectivity index (χ0) is 15.6. The van der Waals surface area contributed by atoms with Gasteiger partial charge >= 0.3 is 0 Å². The Kier molecular flexibility index (Phi) is 3.87. The van der Waals surface area contributed by atoms with Gasteiger partial charge in [0.1, 0.15) is 12.1 Å². The molecule has 1 N–H and O–H groups in total. The smallest absolute Gasteiger partial charge is 0.218 e. The molecule has 0 amide bonds. The van der Waals surface area contributed by atoms with Gasteiger partial charge in [-0.2, -0.15) is 5.10 Å². The van der Waals surface area contributed by atoms with E-state index < -0.39 is 0 Å². The van der Waals surface area contributed by atoms with E-state index in [-0.39, 0.29) is 0 Å². The first-order valence-electron chi connectivity index (χ1n) is 8.22. The fourth-order valence-electron chi connectivity index (χ4n) is 3.48. The zero-order valence-electron chi connectivity index (χ0n) is 13.5. The highest BCUT2D eigenvalue weighted by Gasteiger charge is 2.23. The number of aromatic nitrogens is 4. The van der Waals surface area contributed by atoms with E-state index in [0.29, 0.717) is 5.88 Å². The van der Waals surface area contributed by atoms with Crippen molar-refractivity contribution in [3.63, 3.8) is 0 Å². The van der Waals surface area contributed by atoms with Gasteiger partial charge in [0, 0.05) is 44.5 Å². The number of aryl methyl sites for hydroxylation is 1. The molecule has 2 aromatic heterocycles. The zero-order valence-corrected chi connectivity index (χ0v) is 13.5. The molecule has 0 unspecified atom stereocenters. The highest BCUT2D eigenvalue weighted by Crippen LogP contribution is 2.24. The summed E-state index contributed by atoms with van der Waals surface area (Å²) >= 11 is 0. The van der Waals surface area contributed by atoms with Crippen molar-refractivity contribution in [2.24, 2.45) is 0 Å². The standard InChI is InChI=1S/C16H22N6O/c1-23-16-9-15(17-11-18-16)22-7-5-21(6-8-22)10-14-12-3-2-4-13(12)19-20-14/h9,11H,2-8,10H2,1H3,(H,19,20). The van der Waals surface area contributed by atoms with E-state index in [9.17, 15) is 0 Å². The maximum atomic E-state index is 5.18. The van der Waals surface area contributed by atoms with Crippen molar-refractivity contribution in [3.8, 4) is 5.88 Å². The van der Waals surface area contributed by atoms with Crippen LogP contribution in [0.1, 0.15) is 23.4 Å². The minimum Gasteiger partial charge on any atom is -0.481 e. The molecule has 1 aliphatic carbocycles. The average molecular weight is 314 g/mol. The minimum absolute atomic E-state index is 0.615. The van der Waals surface area contributed by atoms with E-state index >= 15 is 0 Å². The van der Waals surface area contributed by atoms with Crippen LogP contribution in [0.15, 0.2) is 12.4 Å². The fraction of sp³-hybridized carbons (Fsp3) is 0.562. The Balaban J connectivity index is 1.37. The molecule has 0 bridgehead atoms. The van der Waals surface area contributed by atoms with Gasteiger partial charge in [0.15, 0.2) is 0 Å². The topological polar surface area (TPSA) is 70.2 Å². The SMILES string of the molecule is COc1cc(N2CCN(Cc3n[nH]c4c3CCC4)CC2)ncn1. The van der Waals surface area contributed by atoms with Gasteiger partial charge in [-0.25, -0.2) is 9.97 Å². The summed E-state index contributed by atoms with van der Waals surface area (Å²) in [5.74, 6) is 1.56. The Labute approximate surface area is 135 Å². The van der Waals surface area contributed by atoms with Gasteiger partial charge in [0.25, 0.3) is 0 Å². The lowest BCUT2D eigenvalue weighted by Gasteiger charge is -2.35. The third-order valence-corrected chi connectivity index (χ3v) is 4.80. The van der Waals surface area contributed by atoms with Crippen LogP contribution < -0.4 is 9.64 Å². The Morgan fingerprint density at radius 2 is 2.04 bits per heavy atom. The molecular weight excluding hydrogens is 292 g/mol. The molecule has 0 saturated carbocycles. The molecule has 3 heterocycles. The van der Waals surface area contributed by atoms with Gasteiger partial charge in [0.2, 0.25) is 5.88 Å². The van der Waals surface area contributed by atoms with E-state index in [0.717, 1.165) is 45.0 Å². The number of nitrogens with one attached hydrogen (secondary N) is 1. The normalized spacial score (nSPS) is 18.2. The largest absolute Gasteiger partial charge is 0.481 e. The molecular formula is C16H22N6O. The van der Waals surface area contributed by atoms with E-state index in [1.165, 1.54) is 29.8 Å². The number of hydrogen-bond acceptors (Lipinski definition) is 6. The van der Waals surface area contributed by atoms with Crippen molar-refractivity contribution in [1.82, 2.24) is 25.1 Å². The molecule has 0 spiro atoms. The van der Waals surface area contributed by atoms with E-state index in [2.05, 4.69) is 30.0 Å². The second kappa shape index (κ2) is 6.16. The van der Waals surface area contributed by atoms with Crippen LogP contribution in [0.2, 0.25) is 0 Å². The van der Waals surface area contributed by atoms with Crippen molar-refractivity contribution < 1.29 is 4.74 Å². The van der Waals surface area contributed by atoms with Crippen molar-refractivity contribution >= 4 is 5.82 Å². The third kappa shape index (κ3) is 2.88. The predicted octanol–water partition coefficient (Wildman–Crippen LogP) is 1.02. The van der Waals surface area contributed by atoms with Gasteiger partial charge in [0.05, 0.1) is 12.8 Å². The highest BCUT2D eigenvalue weighted by molar-refractivity contribution is 5.41. The Morgan fingerprint density at radius 3 is 2.87 bits per heavy atom. The summed E-state index contributed by atoms with van der Waals surface area (Å²) in [4.78, 5) is 13.2. The lowest BCUT2D eigenvalue weighted by Crippen LogP contribution is -2.46. The average Bonchev–Trinajstić information content (AvgIpc) is 3.21. The molecule has 2 aromatic rings. The summed E-state index contributed by atoms with van der Waals surface area (Å²) in [7, 11) is 1.63. The molecule has 0 atom stereocenters. The molecule has 0 aromatic carbocycles. The molecule has 4 rings (SSSR count). The molecule has 0 radical (unpaired) electrons. The molecule has 7 heteroatoms. The maximum Gasteiger partial charge on any atom is 0.218 e. The van der Waals surface area contributed by atoms with Crippen LogP contribution >= 0.6 is 0 Å². The summed E-state index contributed by atoms with van der Waals surface area (Å²) in [5.41, 5.74) is 4.06. The molecule has 23 heavy (non-hydrogen) atoms. The molecule has 122 valence electrons. The Morgan fingerprint density at radius 1 is 1.17 bits per heavy atom. The van der Waals surface area contributed by atoms with Crippen LogP contribution in [-0.2, 0) is 19.4 Å². The fourth-order valence-corrected chi connectivity index (χ4v) is 3.48. The van der Waals surface area contributed by atoms with Crippen LogP contribution in [0.4, 0.5) is 5.82 Å². The van der Waals surface area contributed by atoms with Gasteiger partial charge in [-0.3, -0.25) is 10.00 Å². The van der Waals surface area contributed by atoms with Gasteiger partial charge in [-0.1, -0.05) is 0 Å². The number of anilines is 1. The number of nitrogens with zero attached hydrogens (tertiary/aromatic N) is 5. The van der Waals surface area contributed by atoms with Crippen molar-refractivity contribution in [2.75, 3.05) is 38.2 Å². The van der Waals surface area contributed by atoms with Gasteiger partial charge < -0.3 is 9.64 Å². The lowest BCUT2D eigenvalue weighted by atomic mass is 10.2. The predicted molar refractivity (Wildman–Crippen MR) is 86.7 cm³/mol. The molecule has 1 fully saturated rings. The molecule has 2 aliphatic rings. The number of rotatable bonds is 4. The number of ether oxygens (including phenoxy) is 1. The number of piperazine rings is 1. The summed E-state index contributed by atoms with van der Waals surface area (Å²) in [6.07, 6.45) is 5.17.